The third-order valence-electron chi connectivity index (χ3n) is 4.01. The number of ether oxygens (including phenoxy) is 1. The Balaban J connectivity index is 1.51. The number of carboxylic acids is 1. The van der Waals surface area contributed by atoms with E-state index >= 15 is 0 Å². The average molecular weight is 434 g/mol. The van der Waals surface area contributed by atoms with Crippen LogP contribution in [0.2, 0.25) is 0 Å². The van der Waals surface area contributed by atoms with Gasteiger partial charge in [0.25, 0.3) is 0 Å². The van der Waals surface area contributed by atoms with Crippen LogP contribution in [-0.2, 0) is 17.9 Å². The summed E-state index contributed by atoms with van der Waals surface area (Å²) in [5.41, 5.74) is 7.57. The second kappa shape index (κ2) is 8.94. The number of hydrogen-bond donors (Lipinski definition) is 3. The van der Waals surface area contributed by atoms with Gasteiger partial charge in [-0.2, -0.15) is 0 Å². The molecule has 1 aromatic heterocycles. The van der Waals surface area contributed by atoms with Gasteiger partial charge in [0.05, 0.1) is 24.0 Å². The van der Waals surface area contributed by atoms with E-state index < -0.39 is 5.97 Å². The van der Waals surface area contributed by atoms with Crippen molar-refractivity contribution in [3.8, 4) is 0 Å². The molecular weight excluding hydrogens is 414 g/mol. The first-order valence-electron chi connectivity index (χ1n) is 8.43. The number of halogens is 1. The number of aryl methyl sites for hydroxylation is 1. The highest BCUT2D eigenvalue weighted by Gasteiger charge is 2.14. The monoisotopic (exact) mass is 433 g/mol. The summed E-state index contributed by atoms with van der Waals surface area (Å²) < 4.78 is 8.31. The van der Waals surface area contributed by atoms with E-state index in [1.165, 1.54) is 0 Å². The first kappa shape index (κ1) is 19.3. The number of carbonyl (C=O) groups is 1. The summed E-state index contributed by atoms with van der Waals surface area (Å²) in [4.78, 5) is 11.3. The molecule has 0 saturated heterocycles. The van der Waals surface area contributed by atoms with Crippen LogP contribution >= 0.6 is 15.9 Å². The van der Waals surface area contributed by atoms with E-state index in [4.69, 9.17) is 10.5 Å². The average Bonchev–Trinajstić information content (AvgIpc) is 3.11. The highest BCUT2D eigenvalue weighted by Crippen LogP contribution is 2.18. The fourth-order valence-electron chi connectivity index (χ4n) is 2.71. The molecule has 2 aromatic rings. The number of nitrogens with one attached hydrogen (secondary N) is 1. The van der Waals surface area contributed by atoms with Crippen LogP contribution in [0.15, 0.2) is 47.2 Å². The Bertz CT molecular complexity index is 878. The Kier molecular flexibility index (Phi) is 6.38. The Morgan fingerprint density at radius 3 is 3.07 bits per heavy atom. The molecule has 8 nitrogen and oxygen atoms in total. The van der Waals surface area contributed by atoms with Gasteiger partial charge < -0.3 is 25.5 Å². The van der Waals surface area contributed by atoms with E-state index in [1.54, 1.807) is 24.5 Å². The molecular formula is C18H20BrN5O3. The molecule has 3 rings (SSSR count). The lowest BCUT2D eigenvalue weighted by Gasteiger charge is -2.18. The van der Waals surface area contributed by atoms with Crippen molar-refractivity contribution in [1.29, 1.82) is 0 Å². The number of rotatable bonds is 8. The van der Waals surface area contributed by atoms with Gasteiger partial charge in [-0.3, -0.25) is 0 Å². The number of benzene rings is 1. The summed E-state index contributed by atoms with van der Waals surface area (Å²) in [6.07, 6.45) is 7.80. The van der Waals surface area contributed by atoms with Crippen molar-refractivity contribution in [2.24, 2.45) is 5.73 Å². The maximum atomic E-state index is 11.3. The molecule has 0 saturated carbocycles. The summed E-state index contributed by atoms with van der Waals surface area (Å²) in [5, 5.41) is 20.5. The van der Waals surface area contributed by atoms with E-state index in [2.05, 4.69) is 31.4 Å². The molecule has 27 heavy (non-hydrogen) atoms. The first-order valence-corrected chi connectivity index (χ1v) is 9.22. The van der Waals surface area contributed by atoms with E-state index in [-0.39, 0.29) is 18.3 Å². The summed E-state index contributed by atoms with van der Waals surface area (Å²) in [6.45, 7) is 1.40. The molecule has 1 atom stereocenters. The largest absolute Gasteiger partial charge is 0.478 e. The fourth-order valence-corrected chi connectivity index (χ4v) is 3.07. The van der Waals surface area contributed by atoms with Crippen LogP contribution in [0, 0.1) is 0 Å². The third-order valence-corrected chi connectivity index (χ3v) is 4.50. The maximum absolute atomic E-state index is 11.3. The van der Waals surface area contributed by atoms with Crippen LogP contribution in [0.4, 0.5) is 0 Å². The van der Waals surface area contributed by atoms with Crippen LogP contribution in [-0.4, -0.2) is 38.6 Å². The molecule has 1 unspecified atom stereocenters. The Hall–Kier alpha value is -2.49. The molecule has 4 N–H and O–H groups in total. The second-order valence-corrected chi connectivity index (χ2v) is 6.91. The predicted octanol–water partition coefficient (Wildman–Crippen LogP) is 2.13. The van der Waals surface area contributed by atoms with E-state index in [0.717, 1.165) is 22.4 Å². The van der Waals surface area contributed by atoms with Gasteiger partial charge in [0.15, 0.2) is 5.82 Å². The lowest BCUT2D eigenvalue weighted by molar-refractivity contribution is 0.0686. The van der Waals surface area contributed by atoms with Crippen molar-refractivity contribution < 1.29 is 14.6 Å². The number of aromatic carboxylic acids is 1. The minimum absolute atomic E-state index is 0.241. The summed E-state index contributed by atoms with van der Waals surface area (Å²) in [7, 11) is 0. The maximum Gasteiger partial charge on any atom is 0.336 e. The SMILES string of the molecule is NC1C=CC=C(c2nncn2CCCOCc2ccc(Br)cc2C(=O)O)N1. The zero-order valence-corrected chi connectivity index (χ0v) is 16.1. The van der Waals surface area contributed by atoms with Gasteiger partial charge in [-0.05, 0) is 36.3 Å². The van der Waals surface area contributed by atoms with Gasteiger partial charge in [0, 0.05) is 17.6 Å². The van der Waals surface area contributed by atoms with Crippen molar-refractivity contribution in [1.82, 2.24) is 20.1 Å². The molecule has 1 aromatic carbocycles. The van der Waals surface area contributed by atoms with E-state index in [0.29, 0.717) is 18.7 Å². The van der Waals surface area contributed by atoms with Crippen LogP contribution in [0.25, 0.3) is 5.70 Å². The van der Waals surface area contributed by atoms with Crippen molar-refractivity contribution in [3.63, 3.8) is 0 Å². The second-order valence-electron chi connectivity index (χ2n) is 6.00. The summed E-state index contributed by atoms with van der Waals surface area (Å²) in [6, 6.07) is 5.14. The number of aromatic nitrogens is 3. The topological polar surface area (TPSA) is 115 Å². The lowest BCUT2D eigenvalue weighted by Crippen LogP contribution is -2.36. The molecule has 1 aliphatic rings. The molecule has 0 fully saturated rings. The molecule has 142 valence electrons. The van der Waals surface area contributed by atoms with Gasteiger partial charge in [-0.25, -0.2) is 4.79 Å². The van der Waals surface area contributed by atoms with Crippen LogP contribution in [0.5, 0.6) is 0 Å². The first-order chi connectivity index (χ1) is 13.0. The number of allylic oxidation sites excluding steroid dienone is 2. The number of hydrogen-bond acceptors (Lipinski definition) is 6. The summed E-state index contributed by atoms with van der Waals surface area (Å²) in [5.74, 6) is -0.250. The van der Waals surface area contributed by atoms with Crippen molar-refractivity contribution in [3.05, 3.63) is 64.2 Å². The highest BCUT2D eigenvalue weighted by atomic mass is 79.9. The zero-order chi connectivity index (χ0) is 19.2. The number of nitrogens with zero attached hydrogens (tertiary/aromatic N) is 3. The number of nitrogens with two attached hydrogens (primary N) is 1. The zero-order valence-electron chi connectivity index (χ0n) is 14.5. The molecule has 1 aliphatic heterocycles. The van der Waals surface area contributed by atoms with Gasteiger partial charge >= 0.3 is 5.97 Å². The predicted molar refractivity (Wildman–Crippen MR) is 104 cm³/mol. The van der Waals surface area contributed by atoms with Crippen LogP contribution in [0.3, 0.4) is 0 Å². The molecule has 9 heteroatoms. The van der Waals surface area contributed by atoms with Crippen molar-refractivity contribution >= 4 is 27.6 Å². The minimum atomic E-state index is -0.968. The minimum Gasteiger partial charge on any atom is -0.478 e. The Morgan fingerprint density at radius 1 is 1.44 bits per heavy atom. The van der Waals surface area contributed by atoms with Crippen LogP contribution in [0.1, 0.15) is 28.2 Å². The molecule has 0 radical (unpaired) electrons. The smallest absolute Gasteiger partial charge is 0.336 e. The molecule has 0 bridgehead atoms. The Morgan fingerprint density at radius 2 is 2.30 bits per heavy atom. The van der Waals surface area contributed by atoms with Crippen molar-refractivity contribution in [2.75, 3.05) is 6.61 Å². The summed E-state index contributed by atoms with van der Waals surface area (Å²) >= 11 is 3.28. The molecule has 0 spiro atoms. The van der Waals surface area contributed by atoms with Crippen molar-refractivity contribution in [2.45, 2.75) is 25.7 Å². The van der Waals surface area contributed by atoms with Crippen LogP contribution < -0.4 is 11.1 Å². The molecule has 0 amide bonds. The lowest BCUT2D eigenvalue weighted by atomic mass is 10.1. The van der Waals surface area contributed by atoms with E-state index in [9.17, 15) is 9.90 Å². The van der Waals surface area contributed by atoms with Gasteiger partial charge in [0.1, 0.15) is 6.33 Å². The quantitative estimate of drug-likeness (QED) is 0.546. The van der Waals surface area contributed by atoms with Gasteiger partial charge in [-0.15, -0.1) is 10.2 Å². The third kappa shape index (κ3) is 5.03. The van der Waals surface area contributed by atoms with Gasteiger partial charge in [-0.1, -0.05) is 28.1 Å². The fraction of sp³-hybridized carbons (Fsp3) is 0.278. The Labute approximate surface area is 164 Å². The number of dihydropyridines is 1. The standard InChI is InChI=1S/C18H20BrN5O3/c19-13-6-5-12(14(9-13)18(25)26)10-27-8-2-7-24-11-21-23-17(24)15-3-1-4-16(20)22-15/h1,3-6,9,11,16,22H,2,7-8,10,20H2,(H,25,26). The van der Waals surface area contributed by atoms with Gasteiger partial charge in [0.2, 0.25) is 0 Å². The van der Waals surface area contributed by atoms with E-state index in [1.807, 2.05) is 22.8 Å². The molecule has 0 aliphatic carbocycles. The number of carboxylic acid groups (broad SMARTS) is 1. The normalized spacial score (nSPS) is 16.1. The highest BCUT2D eigenvalue weighted by molar-refractivity contribution is 9.10. The molecule has 2 heterocycles.